The van der Waals surface area contributed by atoms with E-state index in [0.717, 1.165) is 0 Å². The van der Waals surface area contributed by atoms with Gasteiger partial charge in [0.25, 0.3) is 0 Å². The van der Waals surface area contributed by atoms with Crippen LogP contribution in [-0.4, -0.2) is 129 Å². The highest BCUT2D eigenvalue weighted by molar-refractivity contribution is 6.29. The number of ether oxygens (including phenoxy) is 5. The van der Waals surface area contributed by atoms with Crippen molar-refractivity contribution < 1.29 is 69.0 Å². The second kappa shape index (κ2) is 12.4. The van der Waals surface area contributed by atoms with Crippen LogP contribution in [0.5, 0.6) is 5.75 Å². The molecular formula is C28H32O14. The van der Waals surface area contributed by atoms with Crippen molar-refractivity contribution >= 4 is 11.6 Å². The number of aliphatic hydroxyl groups excluding tert-OH is 7. The van der Waals surface area contributed by atoms with Crippen LogP contribution in [0.4, 0.5) is 0 Å². The lowest BCUT2D eigenvalue weighted by atomic mass is 9.82. The second-order valence-corrected chi connectivity index (χ2v) is 10.2. The topological polar surface area (TPSA) is 222 Å². The molecule has 1 aliphatic carbocycles. The van der Waals surface area contributed by atoms with Crippen molar-refractivity contribution in [3.63, 3.8) is 0 Å². The zero-order valence-electron chi connectivity index (χ0n) is 22.3. The molecule has 228 valence electrons. The molecule has 0 radical (unpaired) electrons. The minimum atomic E-state index is -1.74. The zero-order valence-corrected chi connectivity index (χ0v) is 22.3. The van der Waals surface area contributed by atoms with E-state index in [9.17, 15) is 45.3 Å². The molecule has 3 aliphatic rings. The molecule has 0 saturated carbocycles. The fourth-order valence-corrected chi connectivity index (χ4v) is 5.30. The molecule has 42 heavy (non-hydrogen) atoms. The quantitative estimate of drug-likeness (QED) is 0.145. The van der Waals surface area contributed by atoms with E-state index in [1.54, 1.807) is 24.3 Å². The van der Waals surface area contributed by atoms with Gasteiger partial charge in [0, 0.05) is 22.3 Å². The molecule has 0 bridgehead atoms. The van der Waals surface area contributed by atoms with Gasteiger partial charge >= 0.3 is 0 Å². The van der Waals surface area contributed by atoms with Crippen LogP contribution in [0, 0.1) is 0 Å². The minimum Gasteiger partial charge on any atom is -0.496 e. The third kappa shape index (κ3) is 5.36. The first-order chi connectivity index (χ1) is 20.1. The third-order valence-corrected chi connectivity index (χ3v) is 7.68. The van der Waals surface area contributed by atoms with Crippen LogP contribution in [0.25, 0.3) is 0 Å². The molecule has 2 aliphatic heterocycles. The van der Waals surface area contributed by atoms with Crippen LogP contribution in [0.3, 0.4) is 0 Å². The highest BCUT2D eigenvalue weighted by Gasteiger charge is 2.47. The predicted molar refractivity (Wildman–Crippen MR) is 137 cm³/mol. The maximum Gasteiger partial charge on any atom is 0.198 e. The van der Waals surface area contributed by atoms with Crippen LogP contribution < -0.4 is 4.74 Å². The van der Waals surface area contributed by atoms with E-state index in [2.05, 4.69) is 0 Å². The lowest BCUT2D eigenvalue weighted by molar-refractivity contribution is -0.332. The standard InChI is InChI=1S/C28H32O14/c1-38-26-11(6-7-14-17(26)19(31)13-5-3-2-4-12(13)18(14)30)9-39-27-25(37)23(35)21(33)16(42-27)10-40-28-24(36)22(34)20(32)15(8-29)41-28/h2-7,15-16,20-25,27-29,32-37H,8-10H2,1H3/t15-,16-,20-,21-,22+,23+,24-,25-,27-,28-/m1/s1. The van der Waals surface area contributed by atoms with Crippen LogP contribution in [0.15, 0.2) is 36.4 Å². The molecule has 7 N–H and O–H groups in total. The Morgan fingerprint density at radius 3 is 1.88 bits per heavy atom. The van der Waals surface area contributed by atoms with Gasteiger partial charge in [-0.3, -0.25) is 9.59 Å². The van der Waals surface area contributed by atoms with Gasteiger partial charge in [-0.05, 0) is 6.07 Å². The third-order valence-electron chi connectivity index (χ3n) is 7.68. The van der Waals surface area contributed by atoms with Crippen molar-refractivity contribution in [3.8, 4) is 5.75 Å². The lowest BCUT2D eigenvalue weighted by Gasteiger charge is -2.42. The average Bonchev–Trinajstić information content (AvgIpc) is 3.00. The van der Waals surface area contributed by atoms with E-state index in [1.807, 2.05) is 0 Å². The van der Waals surface area contributed by atoms with Gasteiger partial charge in [-0.1, -0.05) is 30.3 Å². The Hall–Kier alpha value is -2.86. The number of hydrogen-bond acceptors (Lipinski definition) is 14. The van der Waals surface area contributed by atoms with Crippen LogP contribution in [0.2, 0.25) is 0 Å². The van der Waals surface area contributed by atoms with E-state index in [-0.39, 0.29) is 40.4 Å². The first-order valence-electron chi connectivity index (χ1n) is 13.2. The summed E-state index contributed by atoms with van der Waals surface area (Å²) < 4.78 is 27.5. The summed E-state index contributed by atoms with van der Waals surface area (Å²) in [5, 5.41) is 70.8. The minimum absolute atomic E-state index is 0.0636. The molecule has 5 rings (SSSR count). The first-order valence-corrected chi connectivity index (χ1v) is 13.2. The van der Waals surface area contributed by atoms with Gasteiger partial charge in [-0.2, -0.15) is 0 Å². The molecule has 0 unspecified atom stereocenters. The number of ketones is 2. The fourth-order valence-electron chi connectivity index (χ4n) is 5.30. The zero-order chi connectivity index (χ0) is 30.3. The lowest BCUT2D eigenvalue weighted by Crippen LogP contribution is -2.61. The number of benzene rings is 2. The molecule has 2 heterocycles. The smallest absolute Gasteiger partial charge is 0.198 e. The molecule has 0 amide bonds. The maximum atomic E-state index is 13.3. The summed E-state index contributed by atoms with van der Waals surface area (Å²) in [6, 6.07) is 9.43. The summed E-state index contributed by atoms with van der Waals surface area (Å²) in [6.07, 6.45) is -15.7. The predicted octanol–water partition coefficient (Wildman–Crippen LogP) is -2.39. The largest absolute Gasteiger partial charge is 0.496 e. The monoisotopic (exact) mass is 592 g/mol. The SMILES string of the molecule is COc1c(CO[C@@H]2O[C@H](CO[C@@H]3O[C@H](CO)[C@@H](O)[C@H](O)[C@H]3O)[C@@H](O)[C@H](O)[C@H]2O)ccc2c1C(=O)c1ccccc1C2=O. The average molecular weight is 593 g/mol. The van der Waals surface area contributed by atoms with Crippen molar-refractivity contribution in [3.05, 3.63) is 64.2 Å². The summed E-state index contributed by atoms with van der Waals surface area (Å²) in [4.78, 5) is 26.3. The number of hydrogen-bond donors (Lipinski definition) is 7. The van der Waals surface area contributed by atoms with Crippen molar-refractivity contribution in [1.29, 1.82) is 0 Å². The van der Waals surface area contributed by atoms with Crippen molar-refractivity contribution in [2.45, 2.75) is 68.0 Å². The maximum absolute atomic E-state index is 13.3. The van der Waals surface area contributed by atoms with Crippen LogP contribution in [-0.2, 0) is 25.6 Å². The number of carbonyl (C=O) groups is 2. The number of fused-ring (bicyclic) bond motifs is 2. The van der Waals surface area contributed by atoms with E-state index < -0.39 is 80.4 Å². The molecule has 14 heteroatoms. The van der Waals surface area contributed by atoms with Gasteiger partial charge in [-0.15, -0.1) is 0 Å². The fraction of sp³-hybridized carbons (Fsp3) is 0.500. The second-order valence-electron chi connectivity index (χ2n) is 10.2. The highest BCUT2D eigenvalue weighted by Crippen LogP contribution is 2.36. The molecule has 2 fully saturated rings. The number of rotatable bonds is 8. The van der Waals surface area contributed by atoms with Crippen molar-refractivity contribution in [1.82, 2.24) is 0 Å². The van der Waals surface area contributed by atoms with Gasteiger partial charge in [-0.25, -0.2) is 0 Å². The van der Waals surface area contributed by atoms with E-state index in [0.29, 0.717) is 5.56 Å². The molecule has 2 aromatic rings. The van der Waals surface area contributed by atoms with Crippen LogP contribution >= 0.6 is 0 Å². The van der Waals surface area contributed by atoms with E-state index in [1.165, 1.54) is 19.2 Å². The number of aliphatic hydroxyl groups is 7. The Bertz CT molecular complexity index is 1310. The van der Waals surface area contributed by atoms with Gasteiger partial charge < -0.3 is 59.4 Å². The Labute approximate surface area is 239 Å². The number of carbonyl (C=O) groups excluding carboxylic acids is 2. The Kier molecular flexibility index (Phi) is 9.03. The van der Waals surface area contributed by atoms with Crippen LogP contribution in [0.1, 0.15) is 37.4 Å². The normalized spacial score (nSPS) is 34.6. The van der Waals surface area contributed by atoms with E-state index >= 15 is 0 Å². The summed E-state index contributed by atoms with van der Waals surface area (Å²) >= 11 is 0. The molecule has 0 aromatic heterocycles. The van der Waals surface area contributed by atoms with Crippen molar-refractivity contribution in [2.24, 2.45) is 0 Å². The molecular weight excluding hydrogens is 560 g/mol. The summed E-state index contributed by atoms with van der Waals surface area (Å²) in [6.45, 7) is -1.50. The van der Waals surface area contributed by atoms with Gasteiger partial charge in [0.15, 0.2) is 24.1 Å². The Balaban J connectivity index is 1.29. The van der Waals surface area contributed by atoms with Gasteiger partial charge in [0.2, 0.25) is 0 Å². The highest BCUT2D eigenvalue weighted by atomic mass is 16.7. The first kappa shape index (κ1) is 30.6. The van der Waals surface area contributed by atoms with Crippen molar-refractivity contribution in [2.75, 3.05) is 20.3 Å². The summed E-state index contributed by atoms with van der Waals surface area (Å²) in [5.41, 5.74) is 1.08. The molecule has 14 nitrogen and oxygen atoms in total. The molecule has 2 aromatic carbocycles. The molecule has 10 atom stereocenters. The molecule has 0 spiro atoms. The summed E-state index contributed by atoms with van der Waals surface area (Å²) in [7, 11) is 1.33. The Morgan fingerprint density at radius 2 is 1.26 bits per heavy atom. The van der Waals surface area contributed by atoms with E-state index in [4.69, 9.17) is 23.7 Å². The van der Waals surface area contributed by atoms with Gasteiger partial charge in [0.1, 0.15) is 54.6 Å². The summed E-state index contributed by atoms with van der Waals surface area (Å²) in [5.74, 6) is -0.651. The number of methoxy groups -OCH3 is 1. The van der Waals surface area contributed by atoms with Gasteiger partial charge in [0.05, 0.1) is 32.5 Å². The molecule has 2 saturated heterocycles. The Morgan fingerprint density at radius 1 is 0.690 bits per heavy atom.